The second kappa shape index (κ2) is 6.47. The largest absolute Gasteiger partial charge is 0.256 e. The summed E-state index contributed by atoms with van der Waals surface area (Å²) < 4.78 is 1.84. The highest BCUT2D eigenvalue weighted by atomic mass is 15.5. The molecule has 5 heteroatoms. The van der Waals surface area contributed by atoms with Gasteiger partial charge in [-0.05, 0) is 54.0 Å². The molecule has 0 fully saturated rings. The molecule has 22 heavy (non-hydrogen) atoms. The van der Waals surface area contributed by atoms with Gasteiger partial charge >= 0.3 is 0 Å². The molecule has 0 bridgehead atoms. The number of hydrogen-bond donors (Lipinski definition) is 0. The van der Waals surface area contributed by atoms with E-state index in [0.717, 1.165) is 30.1 Å². The molecule has 2 heterocycles. The van der Waals surface area contributed by atoms with Crippen LogP contribution in [0.15, 0.2) is 42.5 Å². The summed E-state index contributed by atoms with van der Waals surface area (Å²) in [4.78, 5) is 4.55. The van der Waals surface area contributed by atoms with E-state index >= 15 is 0 Å². The molecule has 0 radical (unpaired) electrons. The van der Waals surface area contributed by atoms with Gasteiger partial charge in [0.2, 0.25) is 0 Å². The molecule has 0 aliphatic heterocycles. The van der Waals surface area contributed by atoms with Crippen LogP contribution in [0.1, 0.15) is 28.3 Å². The van der Waals surface area contributed by atoms with Crippen molar-refractivity contribution in [3.63, 3.8) is 0 Å². The molecule has 2 aromatic heterocycles. The fraction of sp³-hybridized carbons (Fsp3) is 0.294. The van der Waals surface area contributed by atoms with Gasteiger partial charge in [-0.15, -0.1) is 5.10 Å². The monoisotopic (exact) mass is 293 g/mol. The Kier molecular flexibility index (Phi) is 4.23. The van der Waals surface area contributed by atoms with Crippen LogP contribution >= 0.6 is 0 Å². The third kappa shape index (κ3) is 3.55. The first kappa shape index (κ1) is 14.4. The molecule has 0 amide bonds. The Morgan fingerprint density at radius 1 is 1.00 bits per heavy atom. The van der Waals surface area contributed by atoms with Crippen molar-refractivity contribution >= 4 is 0 Å². The zero-order valence-corrected chi connectivity index (χ0v) is 12.9. The van der Waals surface area contributed by atoms with Crippen LogP contribution in [0, 0.1) is 13.8 Å². The molecule has 0 aliphatic carbocycles. The van der Waals surface area contributed by atoms with Gasteiger partial charge in [-0.3, -0.25) is 4.98 Å². The normalized spacial score (nSPS) is 10.8. The first-order chi connectivity index (χ1) is 10.7. The smallest absolute Gasteiger partial charge is 0.152 e. The molecule has 5 nitrogen and oxygen atoms in total. The van der Waals surface area contributed by atoms with Crippen LogP contribution in [0.4, 0.5) is 0 Å². The van der Waals surface area contributed by atoms with E-state index in [-0.39, 0.29) is 0 Å². The summed E-state index contributed by atoms with van der Waals surface area (Å²) in [5, 5.41) is 12.1. The third-order valence-electron chi connectivity index (χ3n) is 3.55. The molecule has 0 N–H and O–H groups in total. The van der Waals surface area contributed by atoms with Gasteiger partial charge in [0.25, 0.3) is 0 Å². The van der Waals surface area contributed by atoms with Gasteiger partial charge in [0.1, 0.15) is 0 Å². The maximum Gasteiger partial charge on any atom is 0.152 e. The fourth-order valence-electron chi connectivity index (χ4n) is 2.59. The molecular weight excluding hydrogens is 274 g/mol. The predicted octanol–water partition coefficient (Wildman–Crippen LogP) is 2.52. The fourth-order valence-corrected chi connectivity index (χ4v) is 2.59. The van der Waals surface area contributed by atoms with Gasteiger partial charge in [-0.2, -0.15) is 0 Å². The van der Waals surface area contributed by atoms with Crippen molar-refractivity contribution in [3.05, 3.63) is 70.8 Å². The van der Waals surface area contributed by atoms with Crippen molar-refractivity contribution in [3.8, 4) is 0 Å². The number of tetrazole rings is 1. The van der Waals surface area contributed by atoms with E-state index in [0.29, 0.717) is 6.54 Å². The van der Waals surface area contributed by atoms with Crippen molar-refractivity contribution in [2.45, 2.75) is 33.2 Å². The van der Waals surface area contributed by atoms with Crippen LogP contribution in [0.2, 0.25) is 0 Å². The van der Waals surface area contributed by atoms with Crippen LogP contribution in [-0.4, -0.2) is 25.2 Å². The van der Waals surface area contributed by atoms with Crippen LogP contribution in [0.3, 0.4) is 0 Å². The van der Waals surface area contributed by atoms with Crippen LogP contribution in [-0.2, 0) is 19.4 Å². The van der Waals surface area contributed by atoms with Gasteiger partial charge in [-0.1, -0.05) is 30.3 Å². The van der Waals surface area contributed by atoms with Crippen LogP contribution in [0.25, 0.3) is 0 Å². The Balaban J connectivity index is 1.72. The predicted molar refractivity (Wildman–Crippen MR) is 84.5 cm³/mol. The van der Waals surface area contributed by atoms with Crippen molar-refractivity contribution in [2.75, 3.05) is 0 Å². The van der Waals surface area contributed by atoms with E-state index in [1.54, 1.807) is 0 Å². The zero-order valence-electron chi connectivity index (χ0n) is 12.9. The van der Waals surface area contributed by atoms with E-state index in [2.05, 4.69) is 63.8 Å². The second-order valence-corrected chi connectivity index (χ2v) is 5.52. The molecular formula is C17H19N5. The van der Waals surface area contributed by atoms with Gasteiger partial charge < -0.3 is 0 Å². The van der Waals surface area contributed by atoms with Gasteiger partial charge in [0.05, 0.1) is 12.2 Å². The average molecular weight is 293 g/mol. The highest BCUT2D eigenvalue weighted by molar-refractivity contribution is 5.20. The standard InChI is InChI=1S/C17H19N5/c1-13-10-14(2)18-16(11-13)12-22-17(19-20-21-22)9-8-15-6-4-3-5-7-15/h3-7,10-11H,8-9,12H2,1-2H3. The third-order valence-corrected chi connectivity index (χ3v) is 3.55. The maximum absolute atomic E-state index is 4.55. The Labute approximate surface area is 130 Å². The molecule has 0 saturated carbocycles. The maximum atomic E-state index is 4.55. The lowest BCUT2D eigenvalue weighted by Gasteiger charge is -2.06. The van der Waals surface area contributed by atoms with Crippen molar-refractivity contribution in [1.82, 2.24) is 25.2 Å². The second-order valence-electron chi connectivity index (χ2n) is 5.52. The zero-order chi connectivity index (χ0) is 15.4. The number of aryl methyl sites for hydroxylation is 4. The number of rotatable bonds is 5. The summed E-state index contributed by atoms with van der Waals surface area (Å²) in [6.45, 7) is 4.69. The topological polar surface area (TPSA) is 56.5 Å². The van der Waals surface area contributed by atoms with Gasteiger partial charge in [0, 0.05) is 12.1 Å². The first-order valence-corrected chi connectivity index (χ1v) is 7.44. The number of aromatic nitrogens is 5. The minimum absolute atomic E-state index is 0.611. The minimum atomic E-state index is 0.611. The molecule has 3 aromatic rings. The number of pyridine rings is 1. The summed E-state index contributed by atoms with van der Waals surface area (Å²) in [5.74, 6) is 0.893. The highest BCUT2D eigenvalue weighted by Crippen LogP contribution is 2.08. The van der Waals surface area contributed by atoms with E-state index in [9.17, 15) is 0 Å². The Morgan fingerprint density at radius 2 is 1.82 bits per heavy atom. The molecule has 0 unspecified atom stereocenters. The number of nitrogens with zero attached hydrogens (tertiary/aromatic N) is 5. The van der Waals surface area contributed by atoms with E-state index in [1.807, 2.05) is 17.7 Å². The Morgan fingerprint density at radius 3 is 2.59 bits per heavy atom. The van der Waals surface area contributed by atoms with Gasteiger partial charge in [0.15, 0.2) is 5.82 Å². The number of benzene rings is 1. The first-order valence-electron chi connectivity index (χ1n) is 7.44. The average Bonchev–Trinajstić information content (AvgIpc) is 2.92. The quantitative estimate of drug-likeness (QED) is 0.725. The number of hydrogen-bond acceptors (Lipinski definition) is 4. The van der Waals surface area contributed by atoms with Crippen molar-refractivity contribution in [2.24, 2.45) is 0 Å². The summed E-state index contributed by atoms with van der Waals surface area (Å²) in [6, 6.07) is 14.5. The van der Waals surface area contributed by atoms with Crippen LogP contribution < -0.4 is 0 Å². The summed E-state index contributed by atoms with van der Waals surface area (Å²) in [6.07, 6.45) is 1.75. The van der Waals surface area contributed by atoms with E-state index in [4.69, 9.17) is 0 Å². The van der Waals surface area contributed by atoms with Crippen molar-refractivity contribution < 1.29 is 0 Å². The molecule has 0 atom stereocenters. The van der Waals surface area contributed by atoms with Crippen molar-refractivity contribution in [1.29, 1.82) is 0 Å². The lowest BCUT2D eigenvalue weighted by molar-refractivity contribution is 0.605. The summed E-state index contributed by atoms with van der Waals surface area (Å²) in [5.41, 5.74) is 4.52. The molecule has 0 saturated heterocycles. The van der Waals surface area contributed by atoms with E-state index < -0.39 is 0 Å². The summed E-state index contributed by atoms with van der Waals surface area (Å²) >= 11 is 0. The summed E-state index contributed by atoms with van der Waals surface area (Å²) in [7, 11) is 0. The molecule has 0 aliphatic rings. The molecule has 1 aromatic carbocycles. The van der Waals surface area contributed by atoms with E-state index in [1.165, 1.54) is 11.1 Å². The molecule has 112 valence electrons. The Bertz CT molecular complexity index is 729. The minimum Gasteiger partial charge on any atom is -0.256 e. The van der Waals surface area contributed by atoms with Gasteiger partial charge in [-0.25, -0.2) is 4.68 Å². The molecule has 3 rings (SSSR count). The lowest BCUT2D eigenvalue weighted by atomic mass is 10.1. The SMILES string of the molecule is Cc1cc(C)nc(Cn2nnnc2CCc2ccccc2)c1. The lowest BCUT2D eigenvalue weighted by Crippen LogP contribution is -2.10. The Hall–Kier alpha value is -2.56. The molecule has 0 spiro atoms. The highest BCUT2D eigenvalue weighted by Gasteiger charge is 2.08. The van der Waals surface area contributed by atoms with Crippen LogP contribution in [0.5, 0.6) is 0 Å².